The van der Waals surface area contributed by atoms with E-state index in [0.717, 1.165) is 25.7 Å². The van der Waals surface area contributed by atoms with E-state index in [1.54, 1.807) is 18.3 Å². The van der Waals surface area contributed by atoms with Crippen molar-refractivity contribution in [2.45, 2.75) is 61.6 Å². The van der Waals surface area contributed by atoms with Gasteiger partial charge in [0.05, 0.1) is 10.8 Å². The largest absolute Gasteiger partial charge is 0.507 e. The molecular formula is C21H26N2O3S. The van der Waals surface area contributed by atoms with Crippen molar-refractivity contribution in [2.24, 2.45) is 10.4 Å². The van der Waals surface area contributed by atoms with E-state index in [1.807, 2.05) is 12.1 Å². The number of aromatic hydroxyl groups is 1. The van der Waals surface area contributed by atoms with Gasteiger partial charge in [-0.25, -0.2) is 0 Å². The lowest BCUT2D eigenvalue weighted by molar-refractivity contribution is -0.120. The van der Waals surface area contributed by atoms with E-state index >= 15 is 0 Å². The van der Waals surface area contributed by atoms with Gasteiger partial charge in [-0.3, -0.25) is 14.0 Å². The predicted molar refractivity (Wildman–Crippen MR) is 107 cm³/mol. The van der Waals surface area contributed by atoms with Gasteiger partial charge in [-0.2, -0.15) is 0 Å². The zero-order valence-corrected chi connectivity index (χ0v) is 16.5. The molecule has 6 atom stereocenters. The molecule has 5 nitrogen and oxygen atoms in total. The Morgan fingerprint density at radius 1 is 1.33 bits per heavy atom. The number of hydrogen-bond donors (Lipinski definition) is 2. The molecule has 6 unspecified atom stereocenters. The highest BCUT2D eigenvalue weighted by Gasteiger charge is 2.64. The minimum Gasteiger partial charge on any atom is -0.507 e. The number of carbonyl (C=O) groups is 1. The van der Waals surface area contributed by atoms with E-state index < -0.39 is 21.8 Å². The van der Waals surface area contributed by atoms with Gasteiger partial charge in [0.1, 0.15) is 5.75 Å². The number of rotatable bonds is 3. The Morgan fingerprint density at radius 3 is 2.78 bits per heavy atom. The van der Waals surface area contributed by atoms with Crippen LogP contribution in [0.1, 0.15) is 45.1 Å². The molecule has 2 aliphatic heterocycles. The fourth-order valence-corrected chi connectivity index (χ4v) is 7.46. The molecule has 0 radical (unpaired) electrons. The van der Waals surface area contributed by atoms with Crippen LogP contribution >= 0.6 is 0 Å². The minimum absolute atomic E-state index is 0.00151. The monoisotopic (exact) mass is 386 g/mol. The van der Waals surface area contributed by atoms with Crippen molar-refractivity contribution in [1.29, 1.82) is 0 Å². The average molecular weight is 387 g/mol. The number of hydrogen-bond acceptors (Lipinski definition) is 4. The molecule has 0 aromatic heterocycles. The first-order valence-electron chi connectivity index (χ1n) is 9.56. The predicted octanol–water partition coefficient (Wildman–Crippen LogP) is 2.70. The summed E-state index contributed by atoms with van der Waals surface area (Å²) in [5.74, 6) is 0.134. The quantitative estimate of drug-likeness (QED) is 0.619. The third-order valence-electron chi connectivity index (χ3n) is 6.77. The molecule has 2 fully saturated rings. The Kier molecular flexibility index (Phi) is 4.49. The summed E-state index contributed by atoms with van der Waals surface area (Å²) in [4.78, 5) is 16.9. The highest BCUT2D eigenvalue weighted by molar-refractivity contribution is 7.86. The molecule has 2 N–H and O–H groups in total. The normalized spacial score (nSPS) is 40.1. The Balaban J connectivity index is 1.82. The van der Waals surface area contributed by atoms with Gasteiger partial charge in [-0.1, -0.05) is 31.2 Å². The van der Waals surface area contributed by atoms with E-state index in [0.29, 0.717) is 5.56 Å². The maximum atomic E-state index is 13.2. The first-order valence-corrected chi connectivity index (χ1v) is 10.8. The van der Waals surface area contributed by atoms with Crippen LogP contribution in [0.15, 0.2) is 41.4 Å². The van der Waals surface area contributed by atoms with Crippen molar-refractivity contribution in [3.05, 3.63) is 42.0 Å². The van der Waals surface area contributed by atoms with Gasteiger partial charge in [0.25, 0.3) is 0 Å². The number of aliphatic imine (C=N–C) groups is 1. The lowest BCUT2D eigenvalue weighted by atomic mass is 9.63. The van der Waals surface area contributed by atoms with Crippen LogP contribution < -0.4 is 5.32 Å². The molecule has 2 bridgehead atoms. The van der Waals surface area contributed by atoms with Gasteiger partial charge in [0, 0.05) is 46.2 Å². The van der Waals surface area contributed by atoms with Crippen molar-refractivity contribution >= 4 is 22.9 Å². The van der Waals surface area contributed by atoms with Crippen LogP contribution in [0.5, 0.6) is 5.75 Å². The number of phenolic OH excluding ortho intramolecular Hbond substituents is 1. The Bertz CT molecular complexity index is 852. The Hall–Kier alpha value is -1.95. The fraction of sp³-hybridized carbons (Fsp3) is 0.524. The molecule has 1 aromatic carbocycles. The number of nitrogens with one attached hydrogen (secondary N) is 1. The second-order valence-electron chi connectivity index (χ2n) is 8.11. The number of amides is 1. The molecule has 0 spiro atoms. The molecule has 4 aliphatic rings. The zero-order valence-electron chi connectivity index (χ0n) is 15.7. The first-order chi connectivity index (χ1) is 12.9. The van der Waals surface area contributed by atoms with Crippen LogP contribution in [-0.4, -0.2) is 43.5 Å². The van der Waals surface area contributed by atoms with Gasteiger partial charge in [-0.15, -0.1) is 0 Å². The van der Waals surface area contributed by atoms with E-state index in [4.69, 9.17) is 4.99 Å². The third-order valence-corrected chi connectivity index (χ3v) is 9.04. The molecule has 5 rings (SSSR count). The van der Waals surface area contributed by atoms with Gasteiger partial charge in [0.2, 0.25) is 5.91 Å². The van der Waals surface area contributed by atoms with Gasteiger partial charge < -0.3 is 10.4 Å². The van der Waals surface area contributed by atoms with E-state index in [9.17, 15) is 14.1 Å². The summed E-state index contributed by atoms with van der Waals surface area (Å²) in [5.41, 5.74) is -0.291. The zero-order chi connectivity index (χ0) is 19.2. The first kappa shape index (κ1) is 18.4. The summed E-state index contributed by atoms with van der Waals surface area (Å²) in [6.45, 7) is 3.68. The molecule has 2 aliphatic carbocycles. The number of fused-ring (bicyclic) bond motifs is 1. The molecule has 2 heterocycles. The molecule has 144 valence electrons. The molecule has 6 heteroatoms. The van der Waals surface area contributed by atoms with Crippen LogP contribution in [0.2, 0.25) is 0 Å². The number of benzene rings is 1. The fourth-order valence-electron chi connectivity index (χ4n) is 5.24. The second-order valence-corrected chi connectivity index (χ2v) is 9.94. The molecule has 1 amide bonds. The average Bonchev–Trinajstić information content (AvgIpc) is 2.90. The summed E-state index contributed by atoms with van der Waals surface area (Å²) in [5, 5.41) is 13.3. The Labute approximate surface area is 162 Å². The van der Waals surface area contributed by atoms with Crippen LogP contribution in [0.25, 0.3) is 0 Å². The number of phenols is 1. The molecule has 1 saturated heterocycles. The SMILES string of the molecule is CC(=O)NC1CCC2S(=O)C3C=CC(N=Cc4ccccc4O)(CC3)C12C. The van der Waals surface area contributed by atoms with Crippen LogP contribution in [0, 0.1) is 5.41 Å². The summed E-state index contributed by atoms with van der Waals surface area (Å²) in [6, 6.07) is 7.07. The van der Waals surface area contributed by atoms with Gasteiger partial charge in [0.15, 0.2) is 0 Å². The number of para-hydroxylation sites is 1. The van der Waals surface area contributed by atoms with E-state index in [-0.39, 0.29) is 28.2 Å². The van der Waals surface area contributed by atoms with Crippen LogP contribution in [0.3, 0.4) is 0 Å². The topological polar surface area (TPSA) is 78.8 Å². The highest BCUT2D eigenvalue weighted by atomic mass is 32.2. The van der Waals surface area contributed by atoms with E-state index in [1.165, 1.54) is 6.92 Å². The number of carbonyl (C=O) groups excluding carboxylic acids is 1. The van der Waals surface area contributed by atoms with Crippen molar-refractivity contribution in [1.82, 2.24) is 5.32 Å². The highest BCUT2D eigenvalue weighted by Crippen LogP contribution is 2.57. The summed E-state index contributed by atoms with van der Waals surface area (Å²) < 4.78 is 13.2. The van der Waals surface area contributed by atoms with Crippen LogP contribution in [-0.2, 0) is 15.6 Å². The molecular weight excluding hydrogens is 360 g/mol. The van der Waals surface area contributed by atoms with Gasteiger partial charge in [-0.05, 0) is 37.8 Å². The second kappa shape index (κ2) is 6.59. The van der Waals surface area contributed by atoms with Crippen molar-refractivity contribution in [2.75, 3.05) is 0 Å². The summed E-state index contributed by atoms with van der Waals surface area (Å²) >= 11 is 0. The third kappa shape index (κ3) is 2.76. The summed E-state index contributed by atoms with van der Waals surface area (Å²) in [6.07, 6.45) is 9.21. The molecule has 1 saturated carbocycles. The van der Waals surface area contributed by atoms with Crippen molar-refractivity contribution < 1.29 is 14.1 Å². The lowest BCUT2D eigenvalue weighted by Crippen LogP contribution is -2.58. The standard InChI is InChI=1S/C21H26N2O3S/c1-14(24)23-18-7-8-19-20(18,2)21(11-9-16(10-12-21)27(19)26)22-13-15-5-3-4-6-17(15)25/h3-6,9,11,13,16,18-19,25H,7-8,10,12H2,1-2H3,(H,23,24). The lowest BCUT2D eigenvalue weighted by Gasteiger charge is -2.47. The smallest absolute Gasteiger partial charge is 0.217 e. The minimum atomic E-state index is -0.974. The van der Waals surface area contributed by atoms with Crippen molar-refractivity contribution in [3.63, 3.8) is 0 Å². The molecule has 1 aromatic rings. The molecule has 27 heavy (non-hydrogen) atoms. The van der Waals surface area contributed by atoms with Gasteiger partial charge >= 0.3 is 0 Å². The maximum absolute atomic E-state index is 13.2. The Morgan fingerprint density at radius 2 is 2.11 bits per heavy atom. The number of nitrogens with zero attached hydrogens (tertiary/aromatic N) is 1. The summed E-state index contributed by atoms with van der Waals surface area (Å²) in [7, 11) is -0.974. The van der Waals surface area contributed by atoms with Crippen molar-refractivity contribution in [3.8, 4) is 5.75 Å². The van der Waals surface area contributed by atoms with E-state index in [2.05, 4.69) is 24.4 Å². The van der Waals surface area contributed by atoms with Crippen LogP contribution in [0.4, 0.5) is 0 Å². The maximum Gasteiger partial charge on any atom is 0.217 e.